The van der Waals surface area contributed by atoms with E-state index in [1.807, 2.05) is 0 Å². The molecule has 0 bridgehead atoms. The molecule has 6 nitrogen and oxygen atoms in total. The molecule has 0 spiro atoms. The van der Waals surface area contributed by atoms with Crippen LogP contribution in [-0.4, -0.2) is 27.6 Å². The summed E-state index contributed by atoms with van der Waals surface area (Å²) < 4.78 is 0. The summed E-state index contributed by atoms with van der Waals surface area (Å²) in [5, 5.41) is 8.92. The number of hydrogen-bond acceptors (Lipinski definition) is 4. The smallest absolute Gasteiger partial charge is 0.288 e. The summed E-state index contributed by atoms with van der Waals surface area (Å²) in [5.74, 6) is 0.0371. The van der Waals surface area contributed by atoms with Gasteiger partial charge in [-0.25, -0.2) is 0 Å². The summed E-state index contributed by atoms with van der Waals surface area (Å²) in [5.41, 5.74) is 5.64. The highest BCUT2D eigenvalue weighted by Crippen LogP contribution is 2.47. The normalized spacial score (nSPS) is 17.4. The Morgan fingerprint density at radius 3 is 2.87 bits per heavy atom. The number of rotatable bonds is 4. The maximum absolute atomic E-state index is 11.5. The van der Waals surface area contributed by atoms with E-state index < -0.39 is 0 Å². The number of carbonyl (C=O) groups excluding carboxylic acids is 1. The fourth-order valence-corrected chi connectivity index (χ4v) is 1.56. The molecular weight excluding hydrogens is 194 g/mol. The Morgan fingerprint density at radius 1 is 1.67 bits per heavy atom. The molecule has 0 saturated heterocycles. The lowest BCUT2D eigenvalue weighted by Crippen LogP contribution is -2.30. The molecule has 1 aromatic heterocycles. The van der Waals surface area contributed by atoms with Gasteiger partial charge in [0.05, 0.1) is 0 Å². The van der Waals surface area contributed by atoms with Crippen LogP contribution in [0.5, 0.6) is 0 Å². The van der Waals surface area contributed by atoms with Crippen LogP contribution in [0.25, 0.3) is 0 Å². The molecule has 0 atom stereocenters. The quantitative estimate of drug-likeness (QED) is 0.664. The molecule has 1 aromatic rings. The Labute approximate surface area is 87.6 Å². The monoisotopic (exact) mass is 209 g/mol. The van der Waals surface area contributed by atoms with Crippen molar-refractivity contribution in [3.05, 3.63) is 5.82 Å². The molecule has 4 N–H and O–H groups in total. The second-order valence-corrected chi connectivity index (χ2v) is 4.08. The lowest BCUT2D eigenvalue weighted by atomic mass is 10.0. The summed E-state index contributed by atoms with van der Waals surface area (Å²) in [7, 11) is 0. The molecule has 0 aromatic carbocycles. The Hall–Kier alpha value is -1.59. The predicted octanol–water partition coefficient (Wildman–Crippen LogP) is 0.307. The first-order chi connectivity index (χ1) is 7.15. The summed E-state index contributed by atoms with van der Waals surface area (Å²) in [4.78, 5) is 15.3. The van der Waals surface area contributed by atoms with Gasteiger partial charge in [0.15, 0.2) is 0 Å². The highest BCUT2D eigenvalue weighted by atomic mass is 16.2. The molecule has 1 aliphatic carbocycles. The van der Waals surface area contributed by atoms with Gasteiger partial charge in [0.25, 0.3) is 5.91 Å². The van der Waals surface area contributed by atoms with Crippen LogP contribution >= 0.6 is 0 Å². The number of nitrogens with one attached hydrogen (secondary N) is 2. The average molecular weight is 209 g/mol. The predicted molar refractivity (Wildman–Crippen MR) is 55.1 cm³/mol. The Morgan fingerprint density at radius 2 is 2.40 bits per heavy atom. The fraction of sp³-hybridized carbons (Fsp3) is 0.667. The number of anilines is 1. The van der Waals surface area contributed by atoms with E-state index in [1.54, 1.807) is 0 Å². The van der Waals surface area contributed by atoms with Crippen molar-refractivity contribution in [2.24, 2.45) is 5.41 Å². The Kier molecular flexibility index (Phi) is 2.34. The van der Waals surface area contributed by atoms with Gasteiger partial charge in [-0.3, -0.25) is 9.89 Å². The Bertz CT molecular complexity index is 368. The first-order valence-corrected chi connectivity index (χ1v) is 5.11. The minimum atomic E-state index is -0.237. The SMILES string of the molecule is CCC1(CNC(=O)c2nc(N)n[nH]2)CC1. The molecule has 0 radical (unpaired) electrons. The van der Waals surface area contributed by atoms with E-state index in [9.17, 15) is 4.79 Å². The zero-order valence-electron chi connectivity index (χ0n) is 8.71. The molecule has 1 saturated carbocycles. The van der Waals surface area contributed by atoms with E-state index in [-0.39, 0.29) is 17.7 Å². The molecule has 0 unspecified atom stereocenters. The number of H-pyrrole nitrogens is 1. The number of aromatic nitrogens is 3. The largest absolute Gasteiger partial charge is 0.366 e. The molecule has 1 amide bonds. The lowest BCUT2D eigenvalue weighted by Gasteiger charge is -2.11. The van der Waals surface area contributed by atoms with E-state index in [0.29, 0.717) is 12.0 Å². The van der Waals surface area contributed by atoms with Crippen LogP contribution in [0.2, 0.25) is 0 Å². The van der Waals surface area contributed by atoms with Crippen LogP contribution in [0.15, 0.2) is 0 Å². The molecule has 2 rings (SSSR count). The number of nitrogens with zero attached hydrogens (tertiary/aromatic N) is 2. The van der Waals surface area contributed by atoms with Gasteiger partial charge in [0.1, 0.15) is 0 Å². The minimum absolute atomic E-state index is 0.0942. The maximum atomic E-state index is 11.5. The van der Waals surface area contributed by atoms with E-state index in [0.717, 1.165) is 6.42 Å². The standard InChI is InChI=1S/C9H15N5O/c1-2-9(3-4-9)5-11-7(15)6-12-8(10)14-13-6/h2-5H2,1H3,(H,11,15)(H3,10,12,13,14). The molecule has 15 heavy (non-hydrogen) atoms. The minimum Gasteiger partial charge on any atom is -0.366 e. The Balaban J connectivity index is 1.88. The summed E-state index contributed by atoms with van der Waals surface area (Å²) in [6.45, 7) is 2.86. The molecule has 1 fully saturated rings. The average Bonchev–Trinajstić information content (AvgIpc) is 2.90. The number of amides is 1. The molecule has 1 aliphatic rings. The van der Waals surface area contributed by atoms with Gasteiger partial charge in [-0.1, -0.05) is 6.92 Å². The van der Waals surface area contributed by atoms with Gasteiger partial charge in [-0.15, -0.1) is 5.10 Å². The fourth-order valence-electron chi connectivity index (χ4n) is 1.56. The zero-order chi connectivity index (χ0) is 10.9. The number of aromatic amines is 1. The van der Waals surface area contributed by atoms with Gasteiger partial charge < -0.3 is 11.1 Å². The van der Waals surface area contributed by atoms with Gasteiger partial charge in [-0.05, 0) is 24.7 Å². The van der Waals surface area contributed by atoms with Crippen LogP contribution in [-0.2, 0) is 0 Å². The van der Waals surface area contributed by atoms with Gasteiger partial charge >= 0.3 is 0 Å². The van der Waals surface area contributed by atoms with Crippen molar-refractivity contribution in [2.75, 3.05) is 12.3 Å². The molecule has 0 aliphatic heterocycles. The van der Waals surface area contributed by atoms with Crippen LogP contribution < -0.4 is 11.1 Å². The van der Waals surface area contributed by atoms with Crippen LogP contribution in [0.4, 0.5) is 5.95 Å². The first kappa shape index (κ1) is 9.95. The molecule has 82 valence electrons. The van der Waals surface area contributed by atoms with Gasteiger partial charge in [0.2, 0.25) is 11.8 Å². The van der Waals surface area contributed by atoms with Crippen molar-refractivity contribution in [3.8, 4) is 0 Å². The maximum Gasteiger partial charge on any atom is 0.288 e. The summed E-state index contributed by atoms with van der Waals surface area (Å²) >= 11 is 0. The summed E-state index contributed by atoms with van der Waals surface area (Å²) in [6.07, 6.45) is 3.50. The topological polar surface area (TPSA) is 96.7 Å². The van der Waals surface area contributed by atoms with Gasteiger partial charge in [-0.2, -0.15) is 4.98 Å². The zero-order valence-corrected chi connectivity index (χ0v) is 8.71. The van der Waals surface area contributed by atoms with E-state index in [2.05, 4.69) is 27.4 Å². The van der Waals surface area contributed by atoms with Crippen molar-refractivity contribution in [1.29, 1.82) is 0 Å². The third-order valence-electron chi connectivity index (χ3n) is 3.05. The van der Waals surface area contributed by atoms with Crippen molar-refractivity contribution in [1.82, 2.24) is 20.5 Å². The molecule has 1 heterocycles. The second-order valence-electron chi connectivity index (χ2n) is 4.08. The van der Waals surface area contributed by atoms with Crippen molar-refractivity contribution >= 4 is 11.9 Å². The van der Waals surface area contributed by atoms with Crippen LogP contribution in [0.1, 0.15) is 36.8 Å². The lowest BCUT2D eigenvalue weighted by molar-refractivity contribution is 0.0934. The van der Waals surface area contributed by atoms with E-state index in [4.69, 9.17) is 5.73 Å². The third kappa shape index (κ3) is 2.08. The first-order valence-electron chi connectivity index (χ1n) is 5.11. The molecular formula is C9H15N5O. The van der Waals surface area contributed by atoms with Crippen molar-refractivity contribution in [2.45, 2.75) is 26.2 Å². The van der Waals surface area contributed by atoms with Gasteiger partial charge in [0, 0.05) is 6.54 Å². The van der Waals surface area contributed by atoms with E-state index >= 15 is 0 Å². The highest BCUT2D eigenvalue weighted by molar-refractivity contribution is 5.90. The highest BCUT2D eigenvalue weighted by Gasteiger charge is 2.40. The number of hydrogen-bond donors (Lipinski definition) is 3. The second kappa shape index (κ2) is 3.52. The van der Waals surface area contributed by atoms with Crippen LogP contribution in [0, 0.1) is 5.41 Å². The van der Waals surface area contributed by atoms with E-state index in [1.165, 1.54) is 12.8 Å². The number of carbonyl (C=O) groups is 1. The third-order valence-corrected chi connectivity index (χ3v) is 3.05. The van der Waals surface area contributed by atoms with Crippen molar-refractivity contribution < 1.29 is 4.79 Å². The number of nitrogen functional groups attached to an aromatic ring is 1. The van der Waals surface area contributed by atoms with Crippen molar-refractivity contribution in [3.63, 3.8) is 0 Å². The van der Waals surface area contributed by atoms with Crippen LogP contribution in [0.3, 0.4) is 0 Å². The summed E-state index contributed by atoms with van der Waals surface area (Å²) in [6, 6.07) is 0. The molecule has 6 heteroatoms. The number of nitrogens with two attached hydrogens (primary N) is 1.